The summed E-state index contributed by atoms with van der Waals surface area (Å²) in [6.45, 7) is 3.85. The number of halogens is 1. The van der Waals surface area contributed by atoms with Crippen molar-refractivity contribution in [2.45, 2.75) is 13.8 Å². The van der Waals surface area contributed by atoms with Crippen LogP contribution in [0.1, 0.15) is 26.6 Å². The fraction of sp³-hybridized carbons (Fsp3) is 0.250. The Labute approximate surface area is 117 Å². The molecular formula is C12H12BrN3OS. The molecule has 6 heteroatoms. The lowest BCUT2D eigenvalue weighted by Gasteiger charge is -1.96. The highest BCUT2D eigenvalue weighted by Crippen LogP contribution is 2.23. The molecular weight excluding hydrogens is 314 g/mol. The summed E-state index contributed by atoms with van der Waals surface area (Å²) in [7, 11) is 1.85. The number of allylic oxidation sites excluding steroid dienone is 1. The molecule has 2 rings (SSSR count). The quantitative estimate of drug-likeness (QED) is 0.643. The molecule has 0 atom stereocenters. The van der Waals surface area contributed by atoms with Gasteiger partial charge in [0.1, 0.15) is 5.69 Å². The highest BCUT2D eigenvalue weighted by molar-refractivity contribution is 9.11. The lowest BCUT2D eigenvalue weighted by molar-refractivity contribution is 0.104. The van der Waals surface area contributed by atoms with Crippen molar-refractivity contribution in [1.29, 1.82) is 0 Å². The first-order valence-electron chi connectivity index (χ1n) is 5.33. The Morgan fingerprint density at radius 1 is 1.50 bits per heavy atom. The van der Waals surface area contributed by atoms with E-state index >= 15 is 0 Å². The fourth-order valence-electron chi connectivity index (χ4n) is 1.62. The molecule has 0 fully saturated rings. The van der Waals surface area contributed by atoms with Gasteiger partial charge in [-0.15, -0.1) is 11.3 Å². The summed E-state index contributed by atoms with van der Waals surface area (Å²) in [4.78, 5) is 17.1. The Morgan fingerprint density at radius 2 is 2.22 bits per heavy atom. The zero-order valence-electron chi connectivity index (χ0n) is 10.3. The highest BCUT2D eigenvalue weighted by Gasteiger charge is 2.12. The number of carbonyl (C=O) groups excluding carboxylic acids is 1. The third-order valence-electron chi connectivity index (χ3n) is 2.57. The maximum absolute atomic E-state index is 12.0. The number of rotatable bonds is 3. The van der Waals surface area contributed by atoms with Crippen molar-refractivity contribution >= 4 is 39.1 Å². The second-order valence-electron chi connectivity index (χ2n) is 3.91. The average molecular weight is 326 g/mol. The van der Waals surface area contributed by atoms with Crippen molar-refractivity contribution in [1.82, 2.24) is 14.8 Å². The van der Waals surface area contributed by atoms with Crippen LogP contribution in [0.4, 0.5) is 0 Å². The predicted octanol–water partition coefficient (Wildman–Crippen LogP) is 3.15. The second-order valence-corrected chi connectivity index (χ2v) is 6.38. The summed E-state index contributed by atoms with van der Waals surface area (Å²) in [6.07, 6.45) is 5.09. The van der Waals surface area contributed by atoms with E-state index in [4.69, 9.17) is 0 Å². The molecule has 0 aromatic carbocycles. The maximum atomic E-state index is 12.0. The minimum atomic E-state index is -0.0879. The molecule has 0 aliphatic carbocycles. The number of nitrogens with zero attached hydrogens (tertiary/aromatic N) is 3. The fourth-order valence-corrected chi connectivity index (χ4v) is 3.16. The van der Waals surface area contributed by atoms with E-state index in [9.17, 15) is 4.79 Å². The Hall–Kier alpha value is -1.27. The Kier molecular flexibility index (Phi) is 3.77. The van der Waals surface area contributed by atoms with Crippen LogP contribution < -0.4 is 0 Å². The molecule has 2 heterocycles. The van der Waals surface area contributed by atoms with Crippen molar-refractivity contribution in [2.75, 3.05) is 0 Å². The van der Waals surface area contributed by atoms with Gasteiger partial charge in [-0.1, -0.05) is 0 Å². The van der Waals surface area contributed by atoms with Crippen LogP contribution >= 0.6 is 27.3 Å². The maximum Gasteiger partial charge on any atom is 0.205 e. The van der Waals surface area contributed by atoms with Gasteiger partial charge < -0.3 is 0 Å². The molecule has 18 heavy (non-hydrogen) atoms. The predicted molar refractivity (Wildman–Crippen MR) is 75.9 cm³/mol. The molecule has 0 saturated carbocycles. The van der Waals surface area contributed by atoms with Gasteiger partial charge >= 0.3 is 0 Å². The molecule has 0 radical (unpaired) electrons. The molecule has 0 bridgehead atoms. The van der Waals surface area contributed by atoms with Crippen molar-refractivity contribution in [2.24, 2.45) is 7.05 Å². The van der Waals surface area contributed by atoms with Gasteiger partial charge in [0.05, 0.1) is 11.9 Å². The van der Waals surface area contributed by atoms with E-state index in [0.717, 1.165) is 20.1 Å². The van der Waals surface area contributed by atoms with Crippen LogP contribution in [-0.2, 0) is 7.05 Å². The summed E-state index contributed by atoms with van der Waals surface area (Å²) >= 11 is 4.74. The smallest absolute Gasteiger partial charge is 0.205 e. The average Bonchev–Trinajstić information content (AvgIpc) is 2.80. The Morgan fingerprint density at radius 3 is 2.72 bits per heavy atom. The van der Waals surface area contributed by atoms with Crippen LogP contribution in [0.5, 0.6) is 0 Å². The van der Waals surface area contributed by atoms with Crippen LogP contribution in [0.25, 0.3) is 6.08 Å². The number of hydrogen-bond acceptors (Lipinski definition) is 4. The topological polar surface area (TPSA) is 47.8 Å². The van der Waals surface area contributed by atoms with Gasteiger partial charge in [0.25, 0.3) is 0 Å². The molecule has 2 aromatic rings. The van der Waals surface area contributed by atoms with Gasteiger partial charge in [-0.3, -0.25) is 9.48 Å². The number of carbonyl (C=O) groups is 1. The molecule has 0 N–H and O–H groups in total. The largest absolute Gasteiger partial charge is 0.287 e. The van der Waals surface area contributed by atoms with Gasteiger partial charge in [0.15, 0.2) is 3.92 Å². The van der Waals surface area contributed by atoms with E-state index in [1.807, 2.05) is 20.9 Å². The minimum Gasteiger partial charge on any atom is -0.287 e. The Bertz CT molecular complexity index is 608. The van der Waals surface area contributed by atoms with Crippen molar-refractivity contribution in [3.8, 4) is 0 Å². The van der Waals surface area contributed by atoms with Gasteiger partial charge in [-0.05, 0) is 47.5 Å². The van der Waals surface area contributed by atoms with Gasteiger partial charge in [-0.2, -0.15) is 5.10 Å². The second kappa shape index (κ2) is 5.16. The van der Waals surface area contributed by atoms with E-state index < -0.39 is 0 Å². The molecule has 0 unspecified atom stereocenters. The summed E-state index contributed by atoms with van der Waals surface area (Å²) in [5, 5.41) is 4.12. The van der Waals surface area contributed by atoms with Crippen molar-refractivity contribution < 1.29 is 4.79 Å². The third-order valence-corrected chi connectivity index (χ3v) is 4.00. The van der Waals surface area contributed by atoms with E-state index in [1.165, 1.54) is 11.3 Å². The zero-order chi connectivity index (χ0) is 13.3. The first kappa shape index (κ1) is 13.2. The number of ketones is 1. The molecule has 2 aromatic heterocycles. The van der Waals surface area contributed by atoms with Crippen molar-refractivity contribution in [3.63, 3.8) is 0 Å². The SMILES string of the molecule is Cc1cnn(C)c1C=CC(=O)c1nc(Br)sc1C. The number of thiazole rings is 1. The van der Waals surface area contributed by atoms with Crippen LogP contribution in [0, 0.1) is 13.8 Å². The standard InChI is InChI=1S/C12H12BrN3OS/c1-7-6-14-16(3)9(7)4-5-10(17)11-8(2)18-12(13)15-11/h4-6H,1-3H3. The van der Waals surface area contributed by atoms with E-state index in [-0.39, 0.29) is 5.78 Å². The summed E-state index contributed by atoms with van der Waals surface area (Å²) in [5.74, 6) is -0.0879. The molecule has 0 saturated heterocycles. The number of aromatic nitrogens is 3. The molecule has 94 valence electrons. The Balaban J connectivity index is 2.25. The summed E-state index contributed by atoms with van der Waals surface area (Å²) in [5.41, 5.74) is 2.47. The normalized spacial score (nSPS) is 11.3. The molecule has 0 amide bonds. The third kappa shape index (κ3) is 2.59. The van der Waals surface area contributed by atoms with E-state index in [2.05, 4.69) is 26.0 Å². The minimum absolute atomic E-state index is 0.0879. The summed E-state index contributed by atoms with van der Waals surface area (Å²) in [6, 6.07) is 0. The number of aryl methyl sites for hydroxylation is 3. The van der Waals surface area contributed by atoms with Crippen LogP contribution in [0.3, 0.4) is 0 Å². The zero-order valence-corrected chi connectivity index (χ0v) is 12.7. The molecule has 0 aliphatic heterocycles. The lowest BCUT2D eigenvalue weighted by Crippen LogP contribution is -1.98. The number of hydrogen-bond donors (Lipinski definition) is 0. The molecule has 4 nitrogen and oxygen atoms in total. The molecule has 0 spiro atoms. The molecule has 0 aliphatic rings. The van der Waals surface area contributed by atoms with Crippen molar-refractivity contribution in [3.05, 3.63) is 38.0 Å². The lowest BCUT2D eigenvalue weighted by atomic mass is 10.2. The van der Waals surface area contributed by atoms with E-state index in [0.29, 0.717) is 5.69 Å². The van der Waals surface area contributed by atoms with Gasteiger partial charge in [0, 0.05) is 11.9 Å². The summed E-state index contributed by atoms with van der Waals surface area (Å²) < 4.78 is 2.47. The van der Waals surface area contributed by atoms with Gasteiger partial charge in [-0.25, -0.2) is 4.98 Å². The van der Waals surface area contributed by atoms with Gasteiger partial charge in [0.2, 0.25) is 5.78 Å². The van der Waals surface area contributed by atoms with Crippen LogP contribution in [0.2, 0.25) is 0 Å². The van der Waals surface area contributed by atoms with E-state index in [1.54, 1.807) is 23.0 Å². The first-order chi connectivity index (χ1) is 8.49. The first-order valence-corrected chi connectivity index (χ1v) is 6.94. The van der Waals surface area contributed by atoms with Crippen LogP contribution in [-0.4, -0.2) is 20.5 Å². The van der Waals surface area contributed by atoms with Crippen LogP contribution in [0.15, 0.2) is 16.2 Å². The monoisotopic (exact) mass is 325 g/mol. The highest BCUT2D eigenvalue weighted by atomic mass is 79.9.